The molecule has 1 N–H and O–H groups in total. The summed E-state index contributed by atoms with van der Waals surface area (Å²) in [5, 5.41) is 8.50. The van der Waals surface area contributed by atoms with Gasteiger partial charge in [-0.3, -0.25) is 0 Å². The Bertz CT molecular complexity index is 180. The van der Waals surface area contributed by atoms with Crippen LogP contribution >= 0.6 is 0 Å². The van der Waals surface area contributed by atoms with E-state index in [0.717, 1.165) is 25.7 Å². The number of carboxylic acid groups (broad SMARTS) is 1. The highest BCUT2D eigenvalue weighted by molar-refractivity contribution is 5.85. The van der Waals surface area contributed by atoms with Crippen LogP contribution in [0.3, 0.4) is 0 Å². The molecule has 0 aliphatic rings. The fraction of sp³-hybridized carbons (Fsp3) is 0.500. The molecule has 0 unspecified atom stereocenters. The molecule has 0 amide bonds. The average molecular weight is 168 g/mol. The Morgan fingerprint density at radius 2 is 2.00 bits per heavy atom. The normalized spacial score (nSPS) is 11.2. The van der Waals surface area contributed by atoms with Crippen molar-refractivity contribution in [2.24, 2.45) is 0 Å². The van der Waals surface area contributed by atoms with Gasteiger partial charge in [-0.2, -0.15) is 0 Å². The Labute approximate surface area is 73.6 Å². The molecule has 0 aromatic rings. The molecule has 0 spiro atoms. The average Bonchev–Trinajstić information content (AvgIpc) is 2.03. The Morgan fingerprint density at radius 1 is 1.42 bits per heavy atom. The van der Waals surface area contributed by atoms with Gasteiger partial charge in [-0.25, -0.2) is 4.79 Å². The molecule has 12 heavy (non-hydrogen) atoms. The van der Waals surface area contributed by atoms with Gasteiger partial charge in [0.05, 0.1) is 0 Å². The van der Waals surface area contributed by atoms with Crippen LogP contribution in [0, 0.1) is 0 Å². The van der Waals surface area contributed by atoms with Crippen LogP contribution in [-0.4, -0.2) is 11.1 Å². The van der Waals surface area contributed by atoms with Gasteiger partial charge in [0, 0.05) is 5.57 Å². The van der Waals surface area contributed by atoms with Gasteiger partial charge in [-0.1, -0.05) is 12.2 Å². The summed E-state index contributed by atoms with van der Waals surface area (Å²) in [6.07, 6.45) is 7.65. The summed E-state index contributed by atoms with van der Waals surface area (Å²) >= 11 is 0. The smallest absolute Gasteiger partial charge is 0.330 e. The van der Waals surface area contributed by atoms with Crippen molar-refractivity contribution >= 4 is 5.97 Å². The second kappa shape index (κ2) is 6.65. The lowest BCUT2D eigenvalue weighted by molar-refractivity contribution is -0.132. The van der Waals surface area contributed by atoms with Crippen LogP contribution in [0.2, 0.25) is 0 Å². The first-order chi connectivity index (χ1) is 5.68. The zero-order valence-electron chi connectivity index (χ0n) is 7.55. The minimum atomic E-state index is -0.821. The van der Waals surface area contributed by atoms with Crippen molar-refractivity contribution in [1.29, 1.82) is 0 Å². The van der Waals surface area contributed by atoms with Gasteiger partial charge in [0.25, 0.3) is 0 Å². The van der Waals surface area contributed by atoms with Gasteiger partial charge in [-0.15, -0.1) is 6.58 Å². The molecule has 2 heteroatoms. The van der Waals surface area contributed by atoms with Gasteiger partial charge in [0.2, 0.25) is 0 Å². The van der Waals surface area contributed by atoms with E-state index in [4.69, 9.17) is 5.11 Å². The minimum Gasteiger partial charge on any atom is -0.478 e. The van der Waals surface area contributed by atoms with Crippen LogP contribution in [0.15, 0.2) is 24.3 Å². The largest absolute Gasteiger partial charge is 0.478 e. The highest BCUT2D eigenvalue weighted by Crippen LogP contribution is 2.03. The number of unbranched alkanes of at least 4 members (excludes halogenated alkanes) is 3. The third-order valence-corrected chi connectivity index (χ3v) is 1.65. The number of aliphatic carboxylic acids is 1. The lowest BCUT2D eigenvalue weighted by Crippen LogP contribution is -1.95. The van der Waals surface area contributed by atoms with E-state index in [1.807, 2.05) is 6.08 Å². The molecule has 0 aromatic heterocycles. The van der Waals surface area contributed by atoms with E-state index < -0.39 is 5.97 Å². The molecule has 0 aliphatic heterocycles. The molecule has 0 aromatic carbocycles. The SMILES string of the molecule is C=CCCCCC=C(C)C(=O)O. The van der Waals surface area contributed by atoms with Crippen molar-refractivity contribution in [2.75, 3.05) is 0 Å². The molecule has 0 fully saturated rings. The molecule has 68 valence electrons. The fourth-order valence-electron chi connectivity index (χ4n) is 0.839. The first-order valence-electron chi connectivity index (χ1n) is 4.19. The molecule has 0 heterocycles. The van der Waals surface area contributed by atoms with Crippen LogP contribution in [-0.2, 0) is 4.79 Å². The van der Waals surface area contributed by atoms with E-state index in [9.17, 15) is 4.79 Å². The Balaban J connectivity index is 3.46. The van der Waals surface area contributed by atoms with E-state index in [0.29, 0.717) is 5.57 Å². The van der Waals surface area contributed by atoms with Crippen LogP contribution in [0.4, 0.5) is 0 Å². The predicted octanol–water partition coefficient (Wildman–Crippen LogP) is 2.76. The minimum absolute atomic E-state index is 0.439. The van der Waals surface area contributed by atoms with Crippen LogP contribution < -0.4 is 0 Å². The van der Waals surface area contributed by atoms with Crippen LogP contribution in [0.5, 0.6) is 0 Å². The Morgan fingerprint density at radius 3 is 2.50 bits per heavy atom. The van der Waals surface area contributed by atoms with Crippen molar-refractivity contribution in [2.45, 2.75) is 32.6 Å². The molecular formula is C10H16O2. The number of rotatable bonds is 6. The lowest BCUT2D eigenvalue weighted by atomic mass is 10.1. The van der Waals surface area contributed by atoms with Gasteiger partial charge in [0.1, 0.15) is 0 Å². The second-order valence-electron chi connectivity index (χ2n) is 2.77. The summed E-state index contributed by atoms with van der Waals surface area (Å²) in [6, 6.07) is 0. The highest BCUT2D eigenvalue weighted by Gasteiger charge is 1.96. The molecular weight excluding hydrogens is 152 g/mol. The summed E-state index contributed by atoms with van der Waals surface area (Å²) in [6.45, 7) is 5.23. The molecule has 0 saturated heterocycles. The van der Waals surface area contributed by atoms with E-state index in [-0.39, 0.29) is 0 Å². The Hall–Kier alpha value is -1.05. The number of carboxylic acids is 1. The van der Waals surface area contributed by atoms with Gasteiger partial charge < -0.3 is 5.11 Å². The van der Waals surface area contributed by atoms with Crippen molar-refractivity contribution in [3.63, 3.8) is 0 Å². The maximum atomic E-state index is 10.3. The number of hydrogen-bond donors (Lipinski definition) is 1. The van der Waals surface area contributed by atoms with Crippen LogP contribution in [0.25, 0.3) is 0 Å². The molecule has 0 rings (SSSR count). The summed E-state index contributed by atoms with van der Waals surface area (Å²) in [5.74, 6) is -0.821. The van der Waals surface area contributed by atoms with E-state index >= 15 is 0 Å². The maximum Gasteiger partial charge on any atom is 0.330 e. The van der Waals surface area contributed by atoms with Crippen molar-refractivity contribution in [1.82, 2.24) is 0 Å². The topological polar surface area (TPSA) is 37.3 Å². The first-order valence-corrected chi connectivity index (χ1v) is 4.19. The fourth-order valence-corrected chi connectivity index (χ4v) is 0.839. The summed E-state index contributed by atoms with van der Waals surface area (Å²) in [5.41, 5.74) is 0.439. The Kier molecular flexibility index (Phi) is 6.07. The maximum absolute atomic E-state index is 10.3. The molecule has 2 nitrogen and oxygen atoms in total. The first kappa shape index (κ1) is 11.0. The van der Waals surface area contributed by atoms with Gasteiger partial charge >= 0.3 is 5.97 Å². The predicted molar refractivity (Wildman–Crippen MR) is 50.1 cm³/mol. The highest BCUT2D eigenvalue weighted by atomic mass is 16.4. The lowest BCUT2D eigenvalue weighted by Gasteiger charge is -1.94. The van der Waals surface area contributed by atoms with Crippen molar-refractivity contribution in [3.8, 4) is 0 Å². The molecule has 0 aliphatic carbocycles. The zero-order chi connectivity index (χ0) is 9.40. The quantitative estimate of drug-likeness (QED) is 0.376. The summed E-state index contributed by atoms with van der Waals surface area (Å²) in [7, 11) is 0. The molecule has 0 radical (unpaired) electrons. The zero-order valence-corrected chi connectivity index (χ0v) is 7.55. The van der Waals surface area contributed by atoms with E-state index in [1.165, 1.54) is 0 Å². The van der Waals surface area contributed by atoms with Gasteiger partial charge in [0.15, 0.2) is 0 Å². The molecule has 0 atom stereocenters. The third kappa shape index (κ3) is 5.71. The monoisotopic (exact) mass is 168 g/mol. The summed E-state index contributed by atoms with van der Waals surface area (Å²) < 4.78 is 0. The number of carbonyl (C=O) groups is 1. The summed E-state index contributed by atoms with van der Waals surface area (Å²) in [4.78, 5) is 10.3. The third-order valence-electron chi connectivity index (χ3n) is 1.65. The second-order valence-corrected chi connectivity index (χ2v) is 2.77. The molecule has 0 saturated carbocycles. The molecule has 0 bridgehead atoms. The standard InChI is InChI=1S/C10H16O2/c1-3-4-5-6-7-8-9(2)10(11)12/h3,8H,1,4-7H2,2H3,(H,11,12). The van der Waals surface area contributed by atoms with Crippen molar-refractivity contribution in [3.05, 3.63) is 24.3 Å². The number of hydrogen-bond acceptors (Lipinski definition) is 1. The number of allylic oxidation sites excluding steroid dienone is 2. The van der Waals surface area contributed by atoms with Gasteiger partial charge in [-0.05, 0) is 32.6 Å². The van der Waals surface area contributed by atoms with E-state index in [2.05, 4.69) is 6.58 Å². The van der Waals surface area contributed by atoms with E-state index in [1.54, 1.807) is 13.0 Å². The van der Waals surface area contributed by atoms with Crippen molar-refractivity contribution < 1.29 is 9.90 Å². The van der Waals surface area contributed by atoms with Crippen LogP contribution in [0.1, 0.15) is 32.6 Å².